The van der Waals surface area contributed by atoms with Gasteiger partial charge in [-0.05, 0) is 12.1 Å². The fourth-order valence-electron chi connectivity index (χ4n) is 1.17. The SMILES string of the molecule is COc1cccc(C(=O)C(C)CN)c1. The molecule has 1 rings (SSSR count). The predicted octanol–water partition coefficient (Wildman–Crippen LogP) is 1.47. The molecule has 1 unspecified atom stereocenters. The Morgan fingerprint density at radius 2 is 2.29 bits per heavy atom. The van der Waals surface area contributed by atoms with Crippen LogP contribution in [0.25, 0.3) is 0 Å². The number of rotatable bonds is 4. The van der Waals surface area contributed by atoms with Crippen molar-refractivity contribution in [1.29, 1.82) is 0 Å². The third-order valence-electron chi connectivity index (χ3n) is 2.16. The molecule has 3 heteroatoms. The zero-order valence-electron chi connectivity index (χ0n) is 8.49. The predicted molar refractivity (Wildman–Crippen MR) is 55.5 cm³/mol. The van der Waals surface area contributed by atoms with E-state index in [2.05, 4.69) is 0 Å². The zero-order valence-corrected chi connectivity index (χ0v) is 8.49. The van der Waals surface area contributed by atoms with Crippen molar-refractivity contribution in [3.8, 4) is 5.75 Å². The molecular weight excluding hydrogens is 178 g/mol. The van der Waals surface area contributed by atoms with Gasteiger partial charge >= 0.3 is 0 Å². The number of hydrogen-bond donors (Lipinski definition) is 1. The second-order valence-corrected chi connectivity index (χ2v) is 3.23. The monoisotopic (exact) mass is 193 g/mol. The van der Waals surface area contributed by atoms with Crippen LogP contribution in [-0.4, -0.2) is 19.4 Å². The van der Waals surface area contributed by atoms with E-state index >= 15 is 0 Å². The zero-order chi connectivity index (χ0) is 10.6. The maximum Gasteiger partial charge on any atom is 0.167 e. The Bertz CT molecular complexity index is 323. The second kappa shape index (κ2) is 4.77. The summed E-state index contributed by atoms with van der Waals surface area (Å²) in [5, 5.41) is 0. The summed E-state index contributed by atoms with van der Waals surface area (Å²) in [5.74, 6) is 0.619. The number of nitrogens with two attached hydrogens (primary N) is 1. The quantitative estimate of drug-likeness (QED) is 0.737. The fourth-order valence-corrected chi connectivity index (χ4v) is 1.17. The van der Waals surface area contributed by atoms with Crippen LogP contribution in [0.3, 0.4) is 0 Å². The highest BCUT2D eigenvalue weighted by Gasteiger charge is 2.13. The maximum absolute atomic E-state index is 11.7. The van der Waals surface area contributed by atoms with Gasteiger partial charge in [-0.15, -0.1) is 0 Å². The molecule has 0 aliphatic carbocycles. The van der Waals surface area contributed by atoms with Gasteiger partial charge in [0.05, 0.1) is 7.11 Å². The van der Waals surface area contributed by atoms with Gasteiger partial charge in [0.15, 0.2) is 5.78 Å². The number of carbonyl (C=O) groups excluding carboxylic acids is 1. The van der Waals surface area contributed by atoms with Crippen LogP contribution in [0.4, 0.5) is 0 Å². The summed E-state index contributed by atoms with van der Waals surface area (Å²) in [6, 6.07) is 7.12. The van der Waals surface area contributed by atoms with Crippen molar-refractivity contribution in [3.63, 3.8) is 0 Å². The van der Waals surface area contributed by atoms with Crippen molar-refractivity contribution in [2.24, 2.45) is 11.7 Å². The molecule has 0 aliphatic heterocycles. The lowest BCUT2D eigenvalue weighted by atomic mass is 9.99. The van der Waals surface area contributed by atoms with Crippen LogP contribution in [0.15, 0.2) is 24.3 Å². The van der Waals surface area contributed by atoms with Gasteiger partial charge in [-0.2, -0.15) is 0 Å². The standard InChI is InChI=1S/C11H15NO2/c1-8(7-12)11(13)9-4-3-5-10(6-9)14-2/h3-6,8H,7,12H2,1-2H3. The number of hydrogen-bond acceptors (Lipinski definition) is 3. The molecule has 0 fully saturated rings. The Morgan fingerprint density at radius 3 is 2.86 bits per heavy atom. The molecule has 0 aromatic heterocycles. The molecule has 0 amide bonds. The molecule has 0 heterocycles. The number of carbonyl (C=O) groups is 1. The first-order valence-electron chi connectivity index (χ1n) is 4.57. The molecule has 76 valence electrons. The highest BCUT2D eigenvalue weighted by atomic mass is 16.5. The van der Waals surface area contributed by atoms with E-state index in [1.807, 2.05) is 13.0 Å². The molecule has 1 atom stereocenters. The molecule has 1 aromatic carbocycles. The van der Waals surface area contributed by atoms with Gasteiger partial charge in [0, 0.05) is 18.0 Å². The lowest BCUT2D eigenvalue weighted by molar-refractivity contribution is 0.0934. The van der Waals surface area contributed by atoms with Gasteiger partial charge < -0.3 is 10.5 Å². The molecule has 1 aromatic rings. The van der Waals surface area contributed by atoms with E-state index in [0.717, 1.165) is 0 Å². The largest absolute Gasteiger partial charge is 0.497 e. The summed E-state index contributed by atoms with van der Waals surface area (Å²) in [4.78, 5) is 11.7. The third-order valence-corrected chi connectivity index (χ3v) is 2.16. The smallest absolute Gasteiger partial charge is 0.167 e. The normalized spacial score (nSPS) is 12.2. The van der Waals surface area contributed by atoms with Gasteiger partial charge in [0.2, 0.25) is 0 Å². The first kappa shape index (κ1) is 10.7. The summed E-state index contributed by atoms with van der Waals surface area (Å²) in [6.45, 7) is 2.19. The minimum Gasteiger partial charge on any atom is -0.497 e. The summed E-state index contributed by atoms with van der Waals surface area (Å²) < 4.78 is 5.03. The molecule has 0 spiro atoms. The van der Waals surface area contributed by atoms with Crippen molar-refractivity contribution in [1.82, 2.24) is 0 Å². The van der Waals surface area contributed by atoms with Gasteiger partial charge in [-0.3, -0.25) is 4.79 Å². The molecule has 14 heavy (non-hydrogen) atoms. The molecule has 0 saturated carbocycles. The number of ketones is 1. The molecule has 0 radical (unpaired) electrons. The molecular formula is C11H15NO2. The summed E-state index contributed by atoms with van der Waals surface area (Å²) in [5.41, 5.74) is 6.08. The van der Waals surface area contributed by atoms with E-state index in [-0.39, 0.29) is 11.7 Å². The van der Waals surface area contributed by atoms with Crippen molar-refractivity contribution >= 4 is 5.78 Å². The first-order chi connectivity index (χ1) is 6.69. The maximum atomic E-state index is 11.7. The van der Waals surface area contributed by atoms with E-state index in [9.17, 15) is 4.79 Å². The van der Waals surface area contributed by atoms with E-state index in [0.29, 0.717) is 17.9 Å². The van der Waals surface area contributed by atoms with E-state index < -0.39 is 0 Å². The van der Waals surface area contributed by atoms with Crippen LogP contribution in [0.2, 0.25) is 0 Å². The molecule has 2 N–H and O–H groups in total. The van der Waals surface area contributed by atoms with Crippen LogP contribution in [-0.2, 0) is 0 Å². The summed E-state index contributed by atoms with van der Waals surface area (Å²) in [7, 11) is 1.58. The van der Waals surface area contributed by atoms with Crippen molar-refractivity contribution in [3.05, 3.63) is 29.8 Å². The van der Waals surface area contributed by atoms with Crippen LogP contribution < -0.4 is 10.5 Å². The number of benzene rings is 1. The number of ether oxygens (including phenoxy) is 1. The summed E-state index contributed by atoms with van der Waals surface area (Å²) >= 11 is 0. The molecule has 3 nitrogen and oxygen atoms in total. The lowest BCUT2D eigenvalue weighted by Gasteiger charge is -2.08. The van der Waals surface area contributed by atoms with Gasteiger partial charge in [-0.1, -0.05) is 19.1 Å². The average Bonchev–Trinajstić information content (AvgIpc) is 2.27. The van der Waals surface area contributed by atoms with Gasteiger partial charge in [-0.25, -0.2) is 0 Å². The Hall–Kier alpha value is -1.35. The minimum absolute atomic E-state index is 0.0615. The molecule has 0 saturated heterocycles. The number of methoxy groups -OCH3 is 1. The topological polar surface area (TPSA) is 52.3 Å². The van der Waals surface area contributed by atoms with Crippen molar-refractivity contribution in [2.45, 2.75) is 6.92 Å². The second-order valence-electron chi connectivity index (χ2n) is 3.23. The van der Waals surface area contributed by atoms with Crippen LogP contribution in [0.1, 0.15) is 17.3 Å². The highest BCUT2D eigenvalue weighted by Crippen LogP contribution is 2.15. The Labute approximate surface area is 83.9 Å². The Morgan fingerprint density at radius 1 is 1.57 bits per heavy atom. The average molecular weight is 193 g/mol. The first-order valence-corrected chi connectivity index (χ1v) is 4.57. The molecule has 0 aliphatic rings. The van der Waals surface area contributed by atoms with Crippen LogP contribution in [0, 0.1) is 5.92 Å². The lowest BCUT2D eigenvalue weighted by Crippen LogP contribution is -2.20. The Kier molecular flexibility index (Phi) is 3.65. The van der Waals surface area contributed by atoms with Crippen LogP contribution >= 0.6 is 0 Å². The Balaban J connectivity index is 2.90. The van der Waals surface area contributed by atoms with Crippen LogP contribution in [0.5, 0.6) is 5.75 Å². The van der Waals surface area contributed by atoms with Crippen molar-refractivity contribution in [2.75, 3.05) is 13.7 Å². The highest BCUT2D eigenvalue weighted by molar-refractivity contribution is 5.98. The van der Waals surface area contributed by atoms with E-state index in [4.69, 9.17) is 10.5 Å². The molecule has 0 bridgehead atoms. The van der Waals surface area contributed by atoms with Gasteiger partial charge in [0.25, 0.3) is 0 Å². The fraction of sp³-hybridized carbons (Fsp3) is 0.364. The van der Waals surface area contributed by atoms with E-state index in [1.54, 1.807) is 25.3 Å². The third kappa shape index (κ3) is 2.33. The van der Waals surface area contributed by atoms with Crippen molar-refractivity contribution < 1.29 is 9.53 Å². The minimum atomic E-state index is -0.137. The summed E-state index contributed by atoms with van der Waals surface area (Å²) in [6.07, 6.45) is 0. The van der Waals surface area contributed by atoms with E-state index in [1.165, 1.54) is 0 Å². The van der Waals surface area contributed by atoms with Gasteiger partial charge in [0.1, 0.15) is 5.75 Å². The number of Topliss-reactive ketones (excluding diaryl/α,β-unsaturated/α-hetero) is 1.